The van der Waals surface area contributed by atoms with Gasteiger partial charge in [0, 0.05) is 24.2 Å². The molecule has 2 aromatic rings. The molecule has 0 saturated carbocycles. The van der Waals surface area contributed by atoms with Gasteiger partial charge in [-0.25, -0.2) is 8.42 Å². The van der Waals surface area contributed by atoms with Crippen molar-refractivity contribution in [2.24, 2.45) is 0 Å². The molecule has 1 amide bonds. The van der Waals surface area contributed by atoms with Crippen LogP contribution in [0.5, 0.6) is 0 Å². The van der Waals surface area contributed by atoms with E-state index in [1.165, 1.54) is 38.4 Å². The monoisotopic (exact) mass is 368 g/mol. The molecule has 2 rings (SSSR count). The third kappa shape index (κ3) is 4.12. The van der Waals surface area contributed by atoms with Gasteiger partial charge in [-0.15, -0.1) is 0 Å². The van der Waals surface area contributed by atoms with E-state index >= 15 is 0 Å². The molecule has 0 aromatic heterocycles. The molecule has 128 valence electrons. The van der Waals surface area contributed by atoms with Crippen molar-refractivity contribution in [3.8, 4) is 0 Å². The lowest BCUT2D eigenvalue weighted by Crippen LogP contribution is -2.26. The lowest BCUT2D eigenvalue weighted by molar-refractivity contribution is -0.0258. The highest BCUT2D eigenvalue weighted by molar-refractivity contribution is 7.89. The number of carbonyl (C=O) groups excluding carboxylic acids is 1. The number of rotatable bonds is 6. The van der Waals surface area contributed by atoms with Crippen molar-refractivity contribution in [1.29, 1.82) is 0 Å². The summed E-state index contributed by atoms with van der Waals surface area (Å²) in [6.07, 6.45) is 0. The highest BCUT2D eigenvalue weighted by atomic mass is 35.5. The first kappa shape index (κ1) is 18.4. The molecule has 0 fully saturated rings. The van der Waals surface area contributed by atoms with E-state index in [2.05, 4.69) is 5.32 Å². The summed E-state index contributed by atoms with van der Waals surface area (Å²) in [5.41, 5.74) is 1.15. The molecule has 0 bridgehead atoms. The Morgan fingerprint density at radius 3 is 2.38 bits per heavy atom. The highest BCUT2D eigenvalue weighted by Crippen LogP contribution is 2.16. The van der Waals surface area contributed by atoms with Gasteiger partial charge in [-0.2, -0.15) is 0 Å². The Morgan fingerprint density at radius 1 is 1.17 bits per heavy atom. The van der Waals surface area contributed by atoms with Crippen LogP contribution >= 0.6 is 11.6 Å². The van der Waals surface area contributed by atoms with Crippen molar-refractivity contribution >= 4 is 27.5 Å². The molecule has 0 atom stereocenters. The fraction of sp³-hybridized carbons (Fsp3) is 0.188. The van der Waals surface area contributed by atoms with Gasteiger partial charge in [0.2, 0.25) is 0 Å². The van der Waals surface area contributed by atoms with Gasteiger partial charge < -0.3 is 5.32 Å². The van der Waals surface area contributed by atoms with Crippen molar-refractivity contribution in [2.45, 2.75) is 11.4 Å². The molecule has 0 aliphatic heterocycles. The van der Waals surface area contributed by atoms with Gasteiger partial charge in [0.1, 0.15) is 0 Å². The van der Waals surface area contributed by atoms with Crippen LogP contribution in [0.15, 0.2) is 53.4 Å². The summed E-state index contributed by atoms with van der Waals surface area (Å²) >= 11 is 6.03. The second-order valence-electron chi connectivity index (χ2n) is 4.90. The molecule has 0 spiro atoms. The van der Waals surface area contributed by atoms with E-state index in [9.17, 15) is 13.2 Å². The number of carbonyl (C=O) groups is 1. The fourth-order valence-electron chi connectivity index (χ4n) is 1.94. The average Bonchev–Trinajstić information content (AvgIpc) is 2.60. The van der Waals surface area contributed by atoms with Crippen molar-refractivity contribution in [3.05, 3.63) is 64.7 Å². The Balaban J connectivity index is 2.08. The van der Waals surface area contributed by atoms with Crippen LogP contribution in [0.4, 0.5) is 0 Å². The maximum absolute atomic E-state index is 12.1. The van der Waals surface area contributed by atoms with Gasteiger partial charge in [-0.05, 0) is 35.9 Å². The maximum Gasteiger partial charge on any atom is 0.264 e. The number of sulfonamides is 1. The van der Waals surface area contributed by atoms with E-state index in [4.69, 9.17) is 16.4 Å². The number of benzene rings is 2. The molecule has 1 N–H and O–H groups in total. The van der Waals surface area contributed by atoms with E-state index in [1.807, 2.05) is 18.2 Å². The third-order valence-electron chi connectivity index (χ3n) is 3.41. The SMILES string of the molecule is CON(C)S(=O)(=O)c1ccc(C(=O)NCc2ccccc2Cl)cc1. The number of amides is 1. The van der Waals surface area contributed by atoms with Gasteiger partial charge in [-0.1, -0.05) is 34.3 Å². The highest BCUT2D eigenvalue weighted by Gasteiger charge is 2.20. The molecule has 8 heteroatoms. The van der Waals surface area contributed by atoms with Gasteiger partial charge >= 0.3 is 0 Å². The van der Waals surface area contributed by atoms with Gasteiger partial charge in [0.05, 0.1) is 12.0 Å². The zero-order valence-corrected chi connectivity index (χ0v) is 14.8. The minimum absolute atomic E-state index is 0.0366. The normalized spacial score (nSPS) is 11.5. The predicted octanol–water partition coefficient (Wildman–Crippen LogP) is 2.45. The number of hydroxylamine groups is 1. The molecule has 24 heavy (non-hydrogen) atoms. The molecule has 0 unspecified atom stereocenters. The zero-order chi connectivity index (χ0) is 17.7. The van der Waals surface area contributed by atoms with Crippen LogP contribution in [0.2, 0.25) is 5.02 Å². The van der Waals surface area contributed by atoms with Crippen molar-refractivity contribution in [1.82, 2.24) is 9.79 Å². The van der Waals surface area contributed by atoms with Crippen LogP contribution in [0.25, 0.3) is 0 Å². The molecule has 0 heterocycles. The summed E-state index contributed by atoms with van der Waals surface area (Å²) in [6, 6.07) is 12.8. The summed E-state index contributed by atoms with van der Waals surface area (Å²) in [6.45, 7) is 0.283. The van der Waals surface area contributed by atoms with Gasteiger partial charge in [-0.3, -0.25) is 9.63 Å². The van der Waals surface area contributed by atoms with Crippen molar-refractivity contribution < 1.29 is 18.0 Å². The van der Waals surface area contributed by atoms with E-state index in [0.717, 1.165) is 10.0 Å². The van der Waals surface area contributed by atoms with Crippen molar-refractivity contribution in [3.63, 3.8) is 0 Å². The Hall–Kier alpha value is -1.93. The third-order valence-corrected chi connectivity index (χ3v) is 5.47. The maximum atomic E-state index is 12.1. The standard InChI is InChI=1S/C16H17ClN2O4S/c1-19(23-2)24(21,22)14-9-7-12(8-10-14)16(20)18-11-13-5-3-4-6-15(13)17/h3-10H,11H2,1-2H3,(H,18,20). The molecule has 0 saturated heterocycles. The topological polar surface area (TPSA) is 75.7 Å². The lowest BCUT2D eigenvalue weighted by atomic mass is 10.2. The predicted molar refractivity (Wildman–Crippen MR) is 91.0 cm³/mol. The van der Waals surface area contributed by atoms with E-state index in [-0.39, 0.29) is 17.3 Å². The lowest BCUT2D eigenvalue weighted by Gasteiger charge is -2.14. The molecule has 0 aliphatic rings. The van der Waals surface area contributed by atoms with E-state index in [1.54, 1.807) is 6.07 Å². The largest absolute Gasteiger partial charge is 0.348 e. The zero-order valence-electron chi connectivity index (χ0n) is 13.2. The summed E-state index contributed by atoms with van der Waals surface area (Å²) in [4.78, 5) is 16.9. The molecule has 2 aromatic carbocycles. The van der Waals surface area contributed by atoms with Crippen LogP contribution < -0.4 is 5.32 Å². The van der Waals surface area contributed by atoms with E-state index < -0.39 is 10.0 Å². The fourth-order valence-corrected chi connectivity index (χ4v) is 3.12. The Labute approximate surface area is 146 Å². The summed E-state index contributed by atoms with van der Waals surface area (Å²) in [5.74, 6) is -0.320. The van der Waals surface area contributed by atoms with Crippen LogP contribution in [0.3, 0.4) is 0 Å². The molecule has 0 radical (unpaired) electrons. The van der Waals surface area contributed by atoms with Crippen LogP contribution in [-0.2, 0) is 21.4 Å². The van der Waals surface area contributed by atoms with Crippen LogP contribution in [0, 0.1) is 0 Å². The second-order valence-corrected chi connectivity index (χ2v) is 7.24. The summed E-state index contributed by atoms with van der Waals surface area (Å²) in [7, 11) is -1.18. The number of hydrogen-bond acceptors (Lipinski definition) is 4. The minimum Gasteiger partial charge on any atom is -0.348 e. The van der Waals surface area contributed by atoms with Crippen LogP contribution in [-0.4, -0.2) is 33.0 Å². The molecular formula is C16H17ClN2O4S. The first-order chi connectivity index (χ1) is 11.4. The van der Waals surface area contributed by atoms with E-state index in [0.29, 0.717) is 10.6 Å². The summed E-state index contributed by atoms with van der Waals surface area (Å²) in [5, 5.41) is 3.31. The Morgan fingerprint density at radius 2 is 1.79 bits per heavy atom. The van der Waals surface area contributed by atoms with Gasteiger partial charge in [0.25, 0.3) is 15.9 Å². The first-order valence-electron chi connectivity index (χ1n) is 7.01. The summed E-state index contributed by atoms with van der Waals surface area (Å²) < 4.78 is 24.9. The number of nitrogens with one attached hydrogen (secondary N) is 1. The minimum atomic E-state index is -3.73. The van der Waals surface area contributed by atoms with Crippen LogP contribution in [0.1, 0.15) is 15.9 Å². The number of hydrogen-bond donors (Lipinski definition) is 1. The average molecular weight is 369 g/mol. The number of halogens is 1. The van der Waals surface area contributed by atoms with Gasteiger partial charge in [0.15, 0.2) is 0 Å². The second kappa shape index (κ2) is 7.76. The molecule has 0 aliphatic carbocycles. The molecule has 6 nitrogen and oxygen atoms in total. The van der Waals surface area contributed by atoms with Crippen molar-refractivity contribution in [2.75, 3.05) is 14.2 Å². The first-order valence-corrected chi connectivity index (χ1v) is 8.83. The smallest absolute Gasteiger partial charge is 0.264 e. The molecular weight excluding hydrogens is 352 g/mol. The number of nitrogens with zero attached hydrogens (tertiary/aromatic N) is 1. The Kier molecular flexibility index (Phi) is 5.95. The quantitative estimate of drug-likeness (QED) is 0.795. The Bertz CT molecular complexity index is 822.